The van der Waals surface area contributed by atoms with Gasteiger partial charge in [0, 0.05) is 5.56 Å². The molecule has 2 rings (SSSR count). The smallest absolute Gasteiger partial charge is 0.196 e. The molecule has 0 aliphatic carbocycles. The van der Waals surface area contributed by atoms with Crippen molar-refractivity contribution >= 4 is 5.78 Å². The molecule has 0 radical (unpaired) electrons. The van der Waals surface area contributed by atoms with Crippen LogP contribution in [-0.4, -0.2) is 20.0 Å². The van der Waals surface area contributed by atoms with Gasteiger partial charge in [0.2, 0.25) is 0 Å². The molecular formula is C16H16O3. The van der Waals surface area contributed by atoms with E-state index in [2.05, 4.69) is 0 Å². The summed E-state index contributed by atoms with van der Waals surface area (Å²) in [6.45, 7) is 1.99. The second-order valence-electron chi connectivity index (χ2n) is 4.24. The van der Waals surface area contributed by atoms with E-state index in [0.29, 0.717) is 22.6 Å². The van der Waals surface area contributed by atoms with Crippen molar-refractivity contribution in [2.24, 2.45) is 0 Å². The van der Waals surface area contributed by atoms with E-state index in [4.69, 9.17) is 9.47 Å². The summed E-state index contributed by atoms with van der Waals surface area (Å²) >= 11 is 0. The van der Waals surface area contributed by atoms with E-state index in [9.17, 15) is 4.79 Å². The summed E-state index contributed by atoms with van der Waals surface area (Å²) < 4.78 is 10.5. The molecule has 0 saturated carbocycles. The van der Waals surface area contributed by atoms with Crippen LogP contribution in [0.15, 0.2) is 42.5 Å². The fourth-order valence-electron chi connectivity index (χ4n) is 1.93. The minimum absolute atomic E-state index is 0.0734. The molecule has 0 unspecified atom stereocenters. The van der Waals surface area contributed by atoms with Crippen LogP contribution in [-0.2, 0) is 0 Å². The lowest BCUT2D eigenvalue weighted by molar-refractivity contribution is 0.103. The van der Waals surface area contributed by atoms with Gasteiger partial charge in [-0.25, -0.2) is 0 Å². The highest BCUT2D eigenvalue weighted by molar-refractivity contribution is 6.11. The fraction of sp³-hybridized carbons (Fsp3) is 0.188. The van der Waals surface area contributed by atoms with Crippen molar-refractivity contribution in [2.75, 3.05) is 14.2 Å². The molecule has 0 atom stereocenters. The van der Waals surface area contributed by atoms with Crippen molar-refractivity contribution in [3.8, 4) is 11.5 Å². The molecule has 2 aromatic rings. The van der Waals surface area contributed by atoms with E-state index in [-0.39, 0.29) is 5.78 Å². The third-order valence-corrected chi connectivity index (χ3v) is 2.96. The van der Waals surface area contributed by atoms with E-state index in [0.717, 1.165) is 5.56 Å². The molecule has 0 aromatic heterocycles. The van der Waals surface area contributed by atoms with Gasteiger partial charge in [0.25, 0.3) is 0 Å². The Bertz CT molecular complexity index is 585. The summed E-state index contributed by atoms with van der Waals surface area (Å²) in [6.07, 6.45) is 0. The van der Waals surface area contributed by atoms with Gasteiger partial charge in [-0.3, -0.25) is 4.79 Å². The van der Waals surface area contributed by atoms with Gasteiger partial charge in [-0.2, -0.15) is 0 Å². The normalized spacial score (nSPS) is 10.1. The predicted molar refractivity (Wildman–Crippen MR) is 74.2 cm³/mol. The standard InChI is InChI=1S/C16H16O3/c1-11-7-9-12(10-8-11)15(17)13-5-4-6-14(18-2)16(13)19-3/h4-10H,1-3H3. The van der Waals surface area contributed by atoms with Gasteiger partial charge < -0.3 is 9.47 Å². The van der Waals surface area contributed by atoms with Gasteiger partial charge in [0.1, 0.15) is 0 Å². The fourth-order valence-corrected chi connectivity index (χ4v) is 1.93. The van der Waals surface area contributed by atoms with Crippen molar-refractivity contribution in [1.82, 2.24) is 0 Å². The second-order valence-corrected chi connectivity index (χ2v) is 4.24. The summed E-state index contributed by atoms with van der Waals surface area (Å²) in [5, 5.41) is 0. The van der Waals surface area contributed by atoms with Gasteiger partial charge in [-0.15, -0.1) is 0 Å². The Morgan fingerprint density at radius 1 is 0.947 bits per heavy atom. The molecule has 3 heteroatoms. The molecule has 0 fully saturated rings. The van der Waals surface area contributed by atoms with Crippen LogP contribution < -0.4 is 9.47 Å². The molecule has 0 heterocycles. The lowest BCUT2D eigenvalue weighted by atomic mass is 10.0. The highest BCUT2D eigenvalue weighted by atomic mass is 16.5. The Hall–Kier alpha value is -2.29. The van der Waals surface area contributed by atoms with Crippen molar-refractivity contribution in [1.29, 1.82) is 0 Å². The molecule has 0 aliphatic heterocycles. The van der Waals surface area contributed by atoms with E-state index in [1.165, 1.54) is 7.11 Å². The third kappa shape index (κ3) is 2.60. The Balaban J connectivity index is 2.46. The van der Waals surface area contributed by atoms with Crippen molar-refractivity contribution in [2.45, 2.75) is 6.92 Å². The molecule has 3 nitrogen and oxygen atoms in total. The first-order valence-electron chi connectivity index (χ1n) is 5.99. The maximum atomic E-state index is 12.5. The van der Waals surface area contributed by atoms with Gasteiger partial charge in [0.15, 0.2) is 17.3 Å². The number of rotatable bonds is 4. The van der Waals surface area contributed by atoms with Crippen molar-refractivity contribution < 1.29 is 14.3 Å². The summed E-state index contributed by atoms with van der Waals surface area (Å²) in [5.74, 6) is 0.951. The van der Waals surface area contributed by atoms with Crippen LogP contribution in [0, 0.1) is 6.92 Å². The maximum absolute atomic E-state index is 12.5. The Labute approximate surface area is 112 Å². The average molecular weight is 256 g/mol. The highest BCUT2D eigenvalue weighted by Gasteiger charge is 2.17. The summed E-state index contributed by atoms with van der Waals surface area (Å²) in [6, 6.07) is 12.8. The summed E-state index contributed by atoms with van der Waals surface area (Å²) in [5.41, 5.74) is 2.26. The van der Waals surface area contributed by atoms with Crippen LogP contribution in [0.25, 0.3) is 0 Å². The number of hydrogen-bond acceptors (Lipinski definition) is 3. The zero-order valence-electron chi connectivity index (χ0n) is 11.3. The van der Waals surface area contributed by atoms with Crippen LogP contribution in [0.4, 0.5) is 0 Å². The number of para-hydroxylation sites is 1. The molecule has 0 N–H and O–H groups in total. The van der Waals surface area contributed by atoms with E-state index in [1.807, 2.05) is 31.2 Å². The number of carbonyl (C=O) groups excluding carboxylic acids is 1. The SMILES string of the molecule is COc1cccc(C(=O)c2ccc(C)cc2)c1OC. The zero-order chi connectivity index (χ0) is 13.8. The lowest BCUT2D eigenvalue weighted by Gasteiger charge is -2.11. The predicted octanol–water partition coefficient (Wildman–Crippen LogP) is 3.24. The summed E-state index contributed by atoms with van der Waals surface area (Å²) in [7, 11) is 3.09. The van der Waals surface area contributed by atoms with E-state index in [1.54, 1.807) is 25.3 Å². The molecule has 19 heavy (non-hydrogen) atoms. The van der Waals surface area contributed by atoms with Gasteiger partial charge in [0.05, 0.1) is 19.8 Å². The monoisotopic (exact) mass is 256 g/mol. The van der Waals surface area contributed by atoms with Crippen LogP contribution in [0.1, 0.15) is 21.5 Å². The largest absolute Gasteiger partial charge is 0.493 e. The Kier molecular flexibility index (Phi) is 3.85. The average Bonchev–Trinajstić information content (AvgIpc) is 2.46. The minimum atomic E-state index is -0.0734. The van der Waals surface area contributed by atoms with Crippen LogP contribution >= 0.6 is 0 Å². The number of ether oxygens (including phenoxy) is 2. The van der Waals surface area contributed by atoms with E-state index < -0.39 is 0 Å². The van der Waals surface area contributed by atoms with Gasteiger partial charge in [-0.1, -0.05) is 35.9 Å². The number of aryl methyl sites for hydroxylation is 1. The third-order valence-electron chi connectivity index (χ3n) is 2.96. The van der Waals surface area contributed by atoms with Crippen LogP contribution in [0.3, 0.4) is 0 Å². The van der Waals surface area contributed by atoms with Crippen molar-refractivity contribution in [3.05, 3.63) is 59.2 Å². The lowest BCUT2D eigenvalue weighted by Crippen LogP contribution is -2.05. The number of benzene rings is 2. The van der Waals surface area contributed by atoms with Gasteiger partial charge >= 0.3 is 0 Å². The maximum Gasteiger partial charge on any atom is 0.196 e. The number of ketones is 1. The minimum Gasteiger partial charge on any atom is -0.493 e. The highest BCUT2D eigenvalue weighted by Crippen LogP contribution is 2.32. The molecule has 2 aromatic carbocycles. The topological polar surface area (TPSA) is 35.5 Å². The molecule has 0 bridgehead atoms. The summed E-state index contributed by atoms with van der Waals surface area (Å²) in [4.78, 5) is 12.5. The molecule has 0 amide bonds. The van der Waals surface area contributed by atoms with Crippen LogP contribution in [0.5, 0.6) is 11.5 Å². The molecule has 0 saturated heterocycles. The first kappa shape index (κ1) is 13.1. The van der Waals surface area contributed by atoms with Crippen molar-refractivity contribution in [3.63, 3.8) is 0 Å². The van der Waals surface area contributed by atoms with Crippen LogP contribution in [0.2, 0.25) is 0 Å². The number of methoxy groups -OCH3 is 2. The molecular weight excluding hydrogens is 240 g/mol. The molecule has 0 aliphatic rings. The first-order chi connectivity index (χ1) is 9.17. The quantitative estimate of drug-likeness (QED) is 0.788. The van der Waals surface area contributed by atoms with Gasteiger partial charge in [-0.05, 0) is 19.1 Å². The first-order valence-corrected chi connectivity index (χ1v) is 5.99. The second kappa shape index (κ2) is 5.57. The molecule has 98 valence electrons. The molecule has 0 spiro atoms. The number of carbonyl (C=O) groups is 1. The zero-order valence-corrected chi connectivity index (χ0v) is 11.3. The Morgan fingerprint density at radius 3 is 2.21 bits per heavy atom. The number of hydrogen-bond donors (Lipinski definition) is 0. The van der Waals surface area contributed by atoms with E-state index >= 15 is 0 Å². The Morgan fingerprint density at radius 2 is 1.63 bits per heavy atom.